The maximum Gasteiger partial charge on any atom is 0.240 e. The van der Waals surface area contributed by atoms with E-state index in [0.29, 0.717) is 19.0 Å². The third kappa shape index (κ3) is 6.80. The number of hydrogen-bond acceptors (Lipinski definition) is 6. The Hall–Kier alpha value is -1.97. The monoisotopic (exact) mass is 420 g/mol. The van der Waals surface area contributed by atoms with Crippen molar-refractivity contribution in [3.05, 3.63) is 59.7 Å². The van der Waals surface area contributed by atoms with E-state index in [2.05, 4.69) is 9.62 Å². The Morgan fingerprint density at radius 1 is 0.966 bits per heavy atom. The van der Waals surface area contributed by atoms with Gasteiger partial charge in [-0.1, -0.05) is 24.3 Å². The first-order valence-electron chi connectivity index (χ1n) is 9.66. The Bertz CT molecular complexity index is 848. The minimum atomic E-state index is -3.59. The zero-order valence-electron chi connectivity index (χ0n) is 16.7. The van der Waals surface area contributed by atoms with Gasteiger partial charge in [0.05, 0.1) is 24.7 Å². The largest absolute Gasteiger partial charge is 0.491 e. The summed E-state index contributed by atoms with van der Waals surface area (Å²) < 4.78 is 43.4. The third-order valence-corrected chi connectivity index (χ3v) is 6.11. The average Bonchev–Trinajstić information content (AvgIpc) is 2.75. The lowest BCUT2D eigenvalue weighted by molar-refractivity contribution is 0.0342. The summed E-state index contributed by atoms with van der Waals surface area (Å²) in [6.07, 6.45) is 0. The van der Waals surface area contributed by atoms with Crippen LogP contribution in [0.2, 0.25) is 0 Å². The average molecular weight is 421 g/mol. The van der Waals surface area contributed by atoms with Crippen LogP contribution in [0.25, 0.3) is 0 Å². The van der Waals surface area contributed by atoms with Crippen molar-refractivity contribution >= 4 is 10.0 Å². The van der Waals surface area contributed by atoms with Gasteiger partial charge in [-0.25, -0.2) is 13.1 Å². The molecule has 3 rings (SSSR count). The molecule has 1 aliphatic heterocycles. The second-order valence-electron chi connectivity index (χ2n) is 6.84. The molecule has 0 atom stereocenters. The molecule has 8 heteroatoms. The van der Waals surface area contributed by atoms with Gasteiger partial charge in [0, 0.05) is 33.3 Å². The van der Waals surface area contributed by atoms with Gasteiger partial charge in [0.15, 0.2) is 0 Å². The Balaban J connectivity index is 1.51. The zero-order chi connectivity index (χ0) is 20.5. The molecule has 2 aromatic rings. The number of nitrogens with one attached hydrogen (secondary N) is 1. The summed E-state index contributed by atoms with van der Waals surface area (Å²) in [5.74, 6) is 0.608. The normalized spacial score (nSPS) is 15.3. The minimum Gasteiger partial charge on any atom is -0.491 e. The first-order valence-corrected chi connectivity index (χ1v) is 11.1. The molecule has 1 aliphatic rings. The molecule has 0 spiro atoms. The quantitative estimate of drug-likeness (QED) is 0.593. The van der Waals surface area contributed by atoms with Gasteiger partial charge in [-0.15, -0.1) is 0 Å². The molecule has 0 saturated carbocycles. The summed E-state index contributed by atoms with van der Waals surface area (Å²) in [6, 6.07) is 14.4. The molecule has 0 radical (unpaired) electrons. The topological polar surface area (TPSA) is 77.1 Å². The summed E-state index contributed by atoms with van der Waals surface area (Å²) in [4.78, 5) is 2.56. The van der Waals surface area contributed by atoms with E-state index >= 15 is 0 Å². The molecular weight excluding hydrogens is 392 g/mol. The van der Waals surface area contributed by atoms with E-state index < -0.39 is 10.0 Å². The fourth-order valence-corrected chi connectivity index (χ4v) is 4.02. The van der Waals surface area contributed by atoms with Crippen LogP contribution >= 0.6 is 0 Å². The number of sulfonamides is 1. The van der Waals surface area contributed by atoms with Gasteiger partial charge < -0.3 is 14.2 Å². The molecule has 0 unspecified atom stereocenters. The Kier molecular flexibility index (Phi) is 8.02. The molecule has 7 nitrogen and oxygen atoms in total. The minimum absolute atomic E-state index is 0.209. The predicted molar refractivity (Wildman–Crippen MR) is 110 cm³/mol. The fourth-order valence-electron chi connectivity index (χ4n) is 3.00. The lowest BCUT2D eigenvalue weighted by atomic mass is 10.1. The first-order chi connectivity index (χ1) is 14.1. The number of nitrogens with zero attached hydrogens (tertiary/aromatic N) is 1. The van der Waals surface area contributed by atoms with Gasteiger partial charge in [-0.2, -0.15) is 0 Å². The molecule has 29 heavy (non-hydrogen) atoms. The van der Waals surface area contributed by atoms with Crippen LogP contribution in [0.4, 0.5) is 0 Å². The smallest absolute Gasteiger partial charge is 0.240 e. The number of methoxy groups -OCH3 is 1. The van der Waals surface area contributed by atoms with Gasteiger partial charge in [-0.3, -0.25) is 4.90 Å². The molecule has 0 amide bonds. The molecule has 1 heterocycles. The highest BCUT2D eigenvalue weighted by molar-refractivity contribution is 7.89. The Morgan fingerprint density at radius 3 is 2.28 bits per heavy atom. The Labute approximate surface area is 172 Å². The summed E-state index contributed by atoms with van der Waals surface area (Å²) in [5.41, 5.74) is 2.13. The van der Waals surface area contributed by atoms with Gasteiger partial charge in [-0.05, 0) is 35.4 Å². The van der Waals surface area contributed by atoms with E-state index in [1.165, 1.54) is 17.7 Å². The molecule has 0 aliphatic carbocycles. The summed E-state index contributed by atoms with van der Waals surface area (Å²) >= 11 is 0. The zero-order valence-corrected chi connectivity index (χ0v) is 17.5. The predicted octanol–water partition coefficient (Wildman–Crippen LogP) is 2.02. The van der Waals surface area contributed by atoms with Gasteiger partial charge in [0.1, 0.15) is 12.4 Å². The van der Waals surface area contributed by atoms with Crippen molar-refractivity contribution in [2.24, 2.45) is 0 Å². The standard InChI is InChI=1S/C21H28N2O5S/c1-26-14-15-28-20-6-8-21(9-7-20)29(24,25)22-16-18-2-4-19(5-3-18)17-23-10-12-27-13-11-23/h2-9,22H,10-17H2,1H3. The summed E-state index contributed by atoms with van der Waals surface area (Å²) in [7, 11) is -1.99. The van der Waals surface area contributed by atoms with Gasteiger partial charge in [0.2, 0.25) is 10.0 Å². The second-order valence-corrected chi connectivity index (χ2v) is 8.61. The van der Waals surface area contributed by atoms with Crippen LogP contribution in [0.5, 0.6) is 5.75 Å². The summed E-state index contributed by atoms with van der Waals surface area (Å²) in [6.45, 7) is 5.46. The number of hydrogen-bond donors (Lipinski definition) is 1. The van der Waals surface area contributed by atoms with Crippen molar-refractivity contribution in [3.8, 4) is 5.75 Å². The van der Waals surface area contributed by atoms with Crippen molar-refractivity contribution < 1.29 is 22.6 Å². The van der Waals surface area contributed by atoms with Crippen LogP contribution < -0.4 is 9.46 Å². The van der Waals surface area contributed by atoms with Gasteiger partial charge in [0.25, 0.3) is 0 Å². The molecule has 2 aromatic carbocycles. The molecule has 1 N–H and O–H groups in total. The number of ether oxygens (including phenoxy) is 3. The van der Waals surface area contributed by atoms with E-state index in [9.17, 15) is 8.42 Å². The van der Waals surface area contributed by atoms with Crippen molar-refractivity contribution in [2.75, 3.05) is 46.6 Å². The van der Waals surface area contributed by atoms with E-state index in [4.69, 9.17) is 14.2 Å². The van der Waals surface area contributed by atoms with E-state index in [1.54, 1.807) is 19.2 Å². The molecule has 1 fully saturated rings. The molecular formula is C21H28N2O5S. The fraction of sp³-hybridized carbons (Fsp3) is 0.429. The molecule has 158 valence electrons. The third-order valence-electron chi connectivity index (χ3n) is 4.69. The Morgan fingerprint density at radius 2 is 1.62 bits per heavy atom. The first kappa shape index (κ1) is 21.7. The summed E-state index contributed by atoms with van der Waals surface area (Å²) in [5, 5.41) is 0. The lowest BCUT2D eigenvalue weighted by Gasteiger charge is -2.26. The lowest BCUT2D eigenvalue weighted by Crippen LogP contribution is -2.35. The van der Waals surface area contributed by atoms with Crippen molar-refractivity contribution in [1.29, 1.82) is 0 Å². The molecule has 1 saturated heterocycles. The van der Waals surface area contributed by atoms with E-state index in [-0.39, 0.29) is 11.4 Å². The van der Waals surface area contributed by atoms with Gasteiger partial charge >= 0.3 is 0 Å². The van der Waals surface area contributed by atoms with Crippen molar-refractivity contribution in [1.82, 2.24) is 9.62 Å². The maximum atomic E-state index is 12.5. The highest BCUT2D eigenvalue weighted by Crippen LogP contribution is 2.16. The number of rotatable bonds is 10. The van der Waals surface area contributed by atoms with Crippen LogP contribution in [0.3, 0.4) is 0 Å². The van der Waals surface area contributed by atoms with E-state index in [1.807, 2.05) is 24.3 Å². The molecule has 0 aromatic heterocycles. The van der Waals surface area contributed by atoms with Crippen LogP contribution in [0, 0.1) is 0 Å². The number of morpholine rings is 1. The van der Waals surface area contributed by atoms with Crippen LogP contribution in [-0.2, 0) is 32.6 Å². The maximum absolute atomic E-state index is 12.5. The van der Waals surface area contributed by atoms with E-state index in [0.717, 1.165) is 38.4 Å². The van der Waals surface area contributed by atoms with Crippen LogP contribution in [0.15, 0.2) is 53.4 Å². The number of benzene rings is 2. The van der Waals surface area contributed by atoms with Crippen LogP contribution in [-0.4, -0.2) is 59.9 Å². The second kappa shape index (κ2) is 10.7. The highest BCUT2D eigenvalue weighted by atomic mass is 32.2. The molecule has 0 bridgehead atoms. The highest BCUT2D eigenvalue weighted by Gasteiger charge is 2.14. The SMILES string of the molecule is COCCOc1ccc(S(=O)(=O)NCc2ccc(CN3CCOCC3)cc2)cc1. The van der Waals surface area contributed by atoms with Crippen molar-refractivity contribution in [3.63, 3.8) is 0 Å². The van der Waals surface area contributed by atoms with Crippen molar-refractivity contribution in [2.45, 2.75) is 18.0 Å². The van der Waals surface area contributed by atoms with Crippen LogP contribution in [0.1, 0.15) is 11.1 Å².